The van der Waals surface area contributed by atoms with Gasteiger partial charge in [0.05, 0.1) is 5.75 Å². The topological polar surface area (TPSA) is 99.3 Å². The Bertz CT molecular complexity index is 315. The van der Waals surface area contributed by atoms with Crippen molar-refractivity contribution < 1.29 is 18.8 Å². The fourth-order valence-corrected chi connectivity index (χ4v) is 2.11. The predicted molar refractivity (Wildman–Crippen MR) is 36.8 cm³/mol. The summed E-state index contributed by atoms with van der Waals surface area (Å²) in [6.07, 6.45) is 0.0955. The van der Waals surface area contributed by atoms with Crippen LogP contribution in [-0.2, 0) is 9.84 Å². The van der Waals surface area contributed by atoms with Crippen LogP contribution >= 0.6 is 0 Å². The van der Waals surface area contributed by atoms with Crippen molar-refractivity contribution in [2.24, 2.45) is 10.3 Å². The first-order chi connectivity index (χ1) is 5.11. The number of rotatable bonds is 0. The normalized spacial score (nSPS) is 29.8. The lowest BCUT2D eigenvalue weighted by atomic mass is 10.3. The molecule has 2 N–H and O–H groups in total. The molecule has 62 valence electrons. The highest BCUT2D eigenvalue weighted by Crippen LogP contribution is 2.11. The lowest BCUT2D eigenvalue weighted by Gasteiger charge is -1.89. The van der Waals surface area contributed by atoms with Gasteiger partial charge in [-0.3, -0.25) is 0 Å². The van der Waals surface area contributed by atoms with Crippen LogP contribution in [0.1, 0.15) is 6.42 Å². The Hall–Kier alpha value is -1.11. The summed E-state index contributed by atoms with van der Waals surface area (Å²) in [5.41, 5.74) is -0.0903. The third kappa shape index (κ3) is 1.18. The highest BCUT2D eigenvalue weighted by atomic mass is 32.2. The van der Waals surface area contributed by atoms with Crippen LogP contribution < -0.4 is 0 Å². The van der Waals surface area contributed by atoms with Gasteiger partial charge < -0.3 is 10.4 Å². The van der Waals surface area contributed by atoms with Gasteiger partial charge in [0, 0.05) is 6.42 Å². The van der Waals surface area contributed by atoms with Crippen LogP contribution in [0, 0.1) is 0 Å². The smallest absolute Gasteiger partial charge is 0.218 e. The Labute approximate surface area is 62.7 Å². The van der Waals surface area contributed by atoms with Crippen molar-refractivity contribution in [1.29, 1.82) is 0 Å². The number of nitrogens with zero attached hydrogens (tertiary/aromatic N) is 2. The second-order valence-electron chi connectivity index (χ2n) is 2.02. The summed E-state index contributed by atoms with van der Waals surface area (Å²) >= 11 is 0. The molecule has 0 aromatic carbocycles. The van der Waals surface area contributed by atoms with Gasteiger partial charge in [-0.15, -0.1) is 0 Å². The molecule has 1 heterocycles. The molecule has 1 aliphatic heterocycles. The van der Waals surface area contributed by atoms with E-state index >= 15 is 0 Å². The average Bonchev–Trinajstić information content (AvgIpc) is 2.24. The highest BCUT2D eigenvalue weighted by molar-refractivity contribution is 8.09. The van der Waals surface area contributed by atoms with Crippen molar-refractivity contribution in [2.75, 3.05) is 5.75 Å². The van der Waals surface area contributed by atoms with Crippen molar-refractivity contribution in [3.63, 3.8) is 0 Å². The SMILES string of the molecule is O=S1(=O)CCC(=N\O)/C1=N\O. The quantitative estimate of drug-likeness (QED) is 0.383. The summed E-state index contributed by atoms with van der Waals surface area (Å²) in [6.45, 7) is 0. The summed E-state index contributed by atoms with van der Waals surface area (Å²) in [4.78, 5) is 0. The highest BCUT2D eigenvalue weighted by Gasteiger charge is 2.34. The van der Waals surface area contributed by atoms with Gasteiger partial charge in [0.1, 0.15) is 5.71 Å². The van der Waals surface area contributed by atoms with Gasteiger partial charge in [0.15, 0.2) is 0 Å². The van der Waals surface area contributed by atoms with E-state index < -0.39 is 14.9 Å². The molecule has 0 atom stereocenters. The molecule has 0 saturated carbocycles. The molecular weight excluding hydrogens is 172 g/mol. The molecule has 1 fully saturated rings. The minimum Gasteiger partial charge on any atom is -0.411 e. The lowest BCUT2D eigenvalue weighted by molar-refractivity contribution is 0.314. The standard InChI is InChI=1S/C4H6N2O4S/c7-5-3-1-2-11(9,10)4(3)6-8/h7-8H,1-2H2/b5-3+,6-4+. The minimum atomic E-state index is -3.49. The van der Waals surface area contributed by atoms with E-state index in [-0.39, 0.29) is 17.9 Å². The molecule has 11 heavy (non-hydrogen) atoms. The Morgan fingerprint density at radius 1 is 1.27 bits per heavy atom. The maximum Gasteiger partial charge on any atom is 0.218 e. The molecule has 1 saturated heterocycles. The number of hydrogen-bond donors (Lipinski definition) is 2. The Balaban J connectivity index is 3.20. The maximum atomic E-state index is 10.9. The summed E-state index contributed by atoms with van der Waals surface area (Å²) < 4.78 is 21.8. The number of oxime groups is 2. The first-order valence-electron chi connectivity index (χ1n) is 2.78. The third-order valence-corrected chi connectivity index (χ3v) is 3.01. The second-order valence-corrected chi connectivity index (χ2v) is 4.05. The van der Waals surface area contributed by atoms with Gasteiger partial charge in [0.2, 0.25) is 14.9 Å². The minimum absolute atomic E-state index is 0.0903. The van der Waals surface area contributed by atoms with E-state index in [0.29, 0.717) is 0 Å². The van der Waals surface area contributed by atoms with Crippen molar-refractivity contribution >= 4 is 20.6 Å². The van der Waals surface area contributed by atoms with Crippen LogP contribution in [0.25, 0.3) is 0 Å². The summed E-state index contributed by atoms with van der Waals surface area (Å²) in [6, 6.07) is 0. The first kappa shape index (κ1) is 7.99. The van der Waals surface area contributed by atoms with Crippen LogP contribution in [0.2, 0.25) is 0 Å². The molecule has 1 aliphatic rings. The molecule has 0 radical (unpaired) electrons. The van der Waals surface area contributed by atoms with E-state index in [1.807, 2.05) is 0 Å². The van der Waals surface area contributed by atoms with Crippen molar-refractivity contribution in [3.8, 4) is 0 Å². The van der Waals surface area contributed by atoms with Crippen molar-refractivity contribution in [3.05, 3.63) is 0 Å². The molecule has 0 aromatic heterocycles. The van der Waals surface area contributed by atoms with Crippen LogP contribution in [0.4, 0.5) is 0 Å². The molecule has 6 nitrogen and oxygen atoms in total. The van der Waals surface area contributed by atoms with Gasteiger partial charge >= 0.3 is 0 Å². The van der Waals surface area contributed by atoms with Gasteiger partial charge in [-0.2, -0.15) is 0 Å². The first-order valence-corrected chi connectivity index (χ1v) is 4.43. The summed E-state index contributed by atoms with van der Waals surface area (Å²) in [7, 11) is -3.49. The molecule has 0 amide bonds. The monoisotopic (exact) mass is 178 g/mol. The van der Waals surface area contributed by atoms with E-state index in [1.165, 1.54) is 0 Å². The third-order valence-electron chi connectivity index (χ3n) is 1.36. The van der Waals surface area contributed by atoms with E-state index in [9.17, 15) is 8.42 Å². The average molecular weight is 178 g/mol. The molecule has 0 spiro atoms. The van der Waals surface area contributed by atoms with E-state index in [1.54, 1.807) is 0 Å². The van der Waals surface area contributed by atoms with Gasteiger partial charge in [-0.05, 0) is 0 Å². The summed E-state index contributed by atoms with van der Waals surface area (Å²) in [5, 5.41) is 21.1. The zero-order valence-electron chi connectivity index (χ0n) is 5.43. The lowest BCUT2D eigenvalue weighted by Crippen LogP contribution is -2.14. The van der Waals surface area contributed by atoms with Crippen LogP contribution in [0.3, 0.4) is 0 Å². The zero-order valence-corrected chi connectivity index (χ0v) is 6.24. The molecule has 0 aliphatic carbocycles. The predicted octanol–water partition coefficient (Wildman–Crippen LogP) is -0.577. The molecule has 1 rings (SSSR count). The number of hydrogen-bond acceptors (Lipinski definition) is 6. The van der Waals surface area contributed by atoms with Crippen LogP contribution in [-0.4, -0.2) is 35.3 Å². The molecule has 0 bridgehead atoms. The zero-order chi connectivity index (χ0) is 8.48. The fraction of sp³-hybridized carbons (Fsp3) is 0.500. The Morgan fingerprint density at radius 3 is 2.27 bits per heavy atom. The molecule has 0 aromatic rings. The van der Waals surface area contributed by atoms with Crippen molar-refractivity contribution in [2.45, 2.75) is 6.42 Å². The molecular formula is C4H6N2O4S. The van der Waals surface area contributed by atoms with E-state index in [4.69, 9.17) is 10.4 Å². The maximum absolute atomic E-state index is 10.9. The Kier molecular flexibility index (Phi) is 1.81. The fourth-order valence-electron chi connectivity index (χ4n) is 0.827. The van der Waals surface area contributed by atoms with Crippen LogP contribution in [0.15, 0.2) is 10.3 Å². The van der Waals surface area contributed by atoms with Gasteiger partial charge in [0.25, 0.3) is 0 Å². The van der Waals surface area contributed by atoms with E-state index in [0.717, 1.165) is 0 Å². The summed E-state index contributed by atoms with van der Waals surface area (Å²) in [5.74, 6) is -0.161. The second kappa shape index (κ2) is 2.50. The van der Waals surface area contributed by atoms with E-state index in [2.05, 4.69) is 10.3 Å². The molecule has 7 heteroatoms. The van der Waals surface area contributed by atoms with Gasteiger partial charge in [-0.25, -0.2) is 8.42 Å². The largest absolute Gasteiger partial charge is 0.411 e. The van der Waals surface area contributed by atoms with Gasteiger partial charge in [-0.1, -0.05) is 10.3 Å². The number of sulfone groups is 1. The van der Waals surface area contributed by atoms with Crippen LogP contribution in [0.5, 0.6) is 0 Å². The van der Waals surface area contributed by atoms with Crippen molar-refractivity contribution in [1.82, 2.24) is 0 Å². The molecule has 0 unspecified atom stereocenters. The Morgan fingerprint density at radius 2 is 1.91 bits per heavy atom.